The molecule has 0 unspecified atom stereocenters. The minimum Gasteiger partial charge on any atom is -0.478 e. The summed E-state index contributed by atoms with van der Waals surface area (Å²) < 4.78 is 6.70. The van der Waals surface area contributed by atoms with Crippen molar-refractivity contribution >= 4 is 23.8 Å². The number of nitrogens with zero attached hydrogens (tertiary/aromatic N) is 2. The number of anilines is 1. The summed E-state index contributed by atoms with van der Waals surface area (Å²) in [6, 6.07) is 9.30. The molecule has 0 aliphatic heterocycles. The molecule has 1 aromatic heterocycles. The largest absolute Gasteiger partial charge is 0.478 e. The monoisotopic (exact) mass is 315 g/mol. The van der Waals surface area contributed by atoms with Crippen LogP contribution in [0.1, 0.15) is 18.2 Å². The molecule has 0 saturated heterocycles. The molecular formula is C16H17N3O4. The maximum atomic E-state index is 11.9. The Labute approximate surface area is 133 Å². The van der Waals surface area contributed by atoms with Crippen molar-refractivity contribution in [1.82, 2.24) is 9.78 Å². The Morgan fingerprint density at radius 1 is 1.35 bits per heavy atom. The number of carbonyl (C=O) groups is 2. The normalized spacial score (nSPS) is 10.7. The zero-order valence-corrected chi connectivity index (χ0v) is 12.6. The van der Waals surface area contributed by atoms with Crippen molar-refractivity contribution in [3.8, 4) is 0 Å². The van der Waals surface area contributed by atoms with Crippen LogP contribution in [-0.2, 0) is 22.7 Å². The summed E-state index contributed by atoms with van der Waals surface area (Å²) in [4.78, 5) is 22.5. The Hall–Kier alpha value is -3.09. The van der Waals surface area contributed by atoms with Gasteiger partial charge in [0.15, 0.2) is 0 Å². The van der Waals surface area contributed by atoms with Crippen LogP contribution in [0.4, 0.5) is 10.5 Å². The van der Waals surface area contributed by atoms with E-state index < -0.39 is 12.1 Å². The van der Waals surface area contributed by atoms with Gasteiger partial charge in [0.25, 0.3) is 0 Å². The zero-order chi connectivity index (χ0) is 16.7. The van der Waals surface area contributed by atoms with Crippen molar-refractivity contribution < 1.29 is 19.4 Å². The van der Waals surface area contributed by atoms with Crippen molar-refractivity contribution in [2.45, 2.75) is 20.1 Å². The molecule has 2 N–H and O–H groups in total. The number of hydrogen-bond acceptors (Lipinski definition) is 4. The molecule has 7 heteroatoms. The molecule has 0 saturated carbocycles. The summed E-state index contributed by atoms with van der Waals surface area (Å²) in [5.41, 5.74) is 1.76. The van der Waals surface area contributed by atoms with Crippen LogP contribution in [0.25, 0.3) is 6.08 Å². The van der Waals surface area contributed by atoms with Crippen molar-refractivity contribution in [3.63, 3.8) is 0 Å². The summed E-state index contributed by atoms with van der Waals surface area (Å²) >= 11 is 0. The first-order valence-electron chi connectivity index (χ1n) is 7.04. The van der Waals surface area contributed by atoms with Gasteiger partial charge >= 0.3 is 12.1 Å². The van der Waals surface area contributed by atoms with Crippen LogP contribution in [0, 0.1) is 0 Å². The third kappa shape index (κ3) is 4.70. The van der Waals surface area contributed by atoms with E-state index in [0.29, 0.717) is 17.9 Å². The fourth-order valence-electron chi connectivity index (χ4n) is 1.94. The van der Waals surface area contributed by atoms with E-state index in [1.54, 1.807) is 4.68 Å². The quantitative estimate of drug-likeness (QED) is 0.799. The lowest BCUT2D eigenvalue weighted by molar-refractivity contribution is -0.131. The van der Waals surface area contributed by atoms with E-state index in [2.05, 4.69) is 10.4 Å². The number of carboxylic acids is 1. The van der Waals surface area contributed by atoms with Crippen molar-refractivity contribution in [3.05, 3.63) is 53.9 Å². The molecule has 1 heterocycles. The van der Waals surface area contributed by atoms with Gasteiger partial charge in [-0.3, -0.25) is 10.00 Å². The topological polar surface area (TPSA) is 93.5 Å². The van der Waals surface area contributed by atoms with Gasteiger partial charge in [-0.15, -0.1) is 0 Å². The fourth-order valence-corrected chi connectivity index (χ4v) is 1.94. The maximum Gasteiger partial charge on any atom is 0.412 e. The summed E-state index contributed by atoms with van der Waals surface area (Å²) in [7, 11) is 0. The van der Waals surface area contributed by atoms with E-state index in [4.69, 9.17) is 9.84 Å². The standard InChI is InChI=1S/C16H17N3O4/c1-2-19-14(8-9-15(20)21)13(10-17-19)18-16(22)23-11-12-6-4-3-5-7-12/h3-10H,2,11H2,1H3,(H,18,22)(H,20,21)/b9-8+. The first-order valence-corrected chi connectivity index (χ1v) is 7.04. The number of benzene rings is 1. The molecule has 1 aromatic carbocycles. The number of aromatic nitrogens is 2. The van der Waals surface area contributed by atoms with Crippen molar-refractivity contribution in [1.29, 1.82) is 0 Å². The smallest absolute Gasteiger partial charge is 0.412 e. The third-order valence-electron chi connectivity index (χ3n) is 3.01. The van der Waals surface area contributed by atoms with E-state index >= 15 is 0 Å². The second-order valence-corrected chi connectivity index (χ2v) is 4.62. The van der Waals surface area contributed by atoms with Gasteiger partial charge in [-0.05, 0) is 18.6 Å². The molecule has 120 valence electrons. The van der Waals surface area contributed by atoms with Gasteiger partial charge in [0, 0.05) is 12.6 Å². The SMILES string of the molecule is CCn1ncc(NC(=O)OCc2ccccc2)c1/C=C/C(=O)O. The summed E-state index contributed by atoms with van der Waals surface area (Å²) in [6.45, 7) is 2.55. The first kappa shape index (κ1) is 16.3. The summed E-state index contributed by atoms with van der Waals surface area (Å²) in [5, 5.41) is 15.4. The van der Waals surface area contributed by atoms with Gasteiger partial charge in [0.05, 0.1) is 17.6 Å². The van der Waals surface area contributed by atoms with Gasteiger partial charge in [-0.1, -0.05) is 30.3 Å². The Bertz CT molecular complexity index is 707. The highest BCUT2D eigenvalue weighted by atomic mass is 16.5. The molecule has 0 radical (unpaired) electrons. The number of rotatable bonds is 6. The molecule has 0 bridgehead atoms. The zero-order valence-electron chi connectivity index (χ0n) is 12.6. The average molecular weight is 315 g/mol. The molecule has 1 amide bonds. The van der Waals surface area contributed by atoms with Gasteiger partial charge in [0.2, 0.25) is 0 Å². The second-order valence-electron chi connectivity index (χ2n) is 4.62. The van der Waals surface area contributed by atoms with E-state index in [1.807, 2.05) is 37.3 Å². The van der Waals surface area contributed by atoms with E-state index in [9.17, 15) is 9.59 Å². The molecule has 0 atom stereocenters. The number of ether oxygens (including phenoxy) is 1. The minimum atomic E-state index is -1.08. The van der Waals surface area contributed by atoms with E-state index in [-0.39, 0.29) is 6.61 Å². The van der Waals surface area contributed by atoms with Crippen molar-refractivity contribution in [2.75, 3.05) is 5.32 Å². The summed E-state index contributed by atoms with van der Waals surface area (Å²) in [6.07, 6.45) is 3.19. The van der Waals surface area contributed by atoms with Crippen LogP contribution < -0.4 is 5.32 Å². The third-order valence-corrected chi connectivity index (χ3v) is 3.01. The molecule has 2 rings (SSSR count). The van der Waals surface area contributed by atoms with Crippen LogP contribution >= 0.6 is 0 Å². The summed E-state index contributed by atoms with van der Waals surface area (Å²) in [5.74, 6) is -1.08. The van der Waals surface area contributed by atoms with Crippen LogP contribution in [0.2, 0.25) is 0 Å². The lowest BCUT2D eigenvalue weighted by atomic mass is 10.2. The number of amides is 1. The number of carboxylic acid groups (broad SMARTS) is 1. The Morgan fingerprint density at radius 3 is 2.74 bits per heavy atom. The van der Waals surface area contributed by atoms with Gasteiger partial charge < -0.3 is 9.84 Å². The van der Waals surface area contributed by atoms with Gasteiger partial charge in [0.1, 0.15) is 6.61 Å². The number of hydrogen-bond donors (Lipinski definition) is 2. The van der Waals surface area contributed by atoms with Crippen LogP contribution in [-0.4, -0.2) is 26.9 Å². The van der Waals surface area contributed by atoms with Gasteiger partial charge in [-0.25, -0.2) is 9.59 Å². The first-order chi connectivity index (χ1) is 11.1. The second kappa shape index (κ2) is 7.79. The number of aliphatic carboxylic acids is 1. The predicted octanol–water partition coefficient (Wildman–Crippen LogP) is 2.75. The Kier molecular flexibility index (Phi) is 5.51. The lowest BCUT2D eigenvalue weighted by Gasteiger charge is -2.07. The molecule has 0 spiro atoms. The molecule has 7 nitrogen and oxygen atoms in total. The number of carbonyl (C=O) groups excluding carboxylic acids is 1. The van der Waals surface area contributed by atoms with Crippen molar-refractivity contribution in [2.24, 2.45) is 0 Å². The molecule has 0 aliphatic rings. The van der Waals surface area contributed by atoms with Crippen LogP contribution in [0.15, 0.2) is 42.6 Å². The van der Waals surface area contributed by atoms with Crippen LogP contribution in [0.5, 0.6) is 0 Å². The molecular weight excluding hydrogens is 298 g/mol. The van der Waals surface area contributed by atoms with Crippen LogP contribution in [0.3, 0.4) is 0 Å². The van der Waals surface area contributed by atoms with Gasteiger partial charge in [-0.2, -0.15) is 5.10 Å². The highest BCUT2D eigenvalue weighted by Gasteiger charge is 2.11. The minimum absolute atomic E-state index is 0.148. The molecule has 0 fully saturated rings. The Morgan fingerprint density at radius 2 is 2.09 bits per heavy atom. The Balaban J connectivity index is 2.03. The highest BCUT2D eigenvalue weighted by molar-refractivity contribution is 5.90. The highest BCUT2D eigenvalue weighted by Crippen LogP contribution is 2.17. The predicted molar refractivity (Wildman–Crippen MR) is 84.8 cm³/mol. The lowest BCUT2D eigenvalue weighted by Crippen LogP contribution is -2.14. The maximum absolute atomic E-state index is 11.9. The number of aryl methyl sites for hydroxylation is 1. The number of nitrogens with one attached hydrogen (secondary N) is 1. The van der Waals surface area contributed by atoms with E-state index in [0.717, 1.165) is 11.6 Å². The van der Waals surface area contributed by atoms with E-state index in [1.165, 1.54) is 12.3 Å². The fraction of sp³-hybridized carbons (Fsp3) is 0.188. The molecule has 2 aromatic rings. The molecule has 0 aliphatic carbocycles. The average Bonchev–Trinajstić information content (AvgIpc) is 2.93. The molecule has 23 heavy (non-hydrogen) atoms.